The van der Waals surface area contributed by atoms with E-state index in [0.29, 0.717) is 6.61 Å². The molecule has 2 aromatic rings. The molecule has 1 aromatic carbocycles. The van der Waals surface area contributed by atoms with Gasteiger partial charge in [0.2, 0.25) is 0 Å². The first-order valence-corrected chi connectivity index (χ1v) is 4.92. The fourth-order valence-corrected chi connectivity index (χ4v) is 1.36. The van der Waals surface area contributed by atoms with Crippen molar-refractivity contribution in [2.75, 3.05) is 6.61 Å². The molecular formula is C11H12N2O2. The highest BCUT2D eigenvalue weighted by molar-refractivity contribution is 5.86. The molecule has 0 fully saturated rings. The van der Waals surface area contributed by atoms with Gasteiger partial charge in [-0.3, -0.25) is 0 Å². The van der Waals surface area contributed by atoms with Crippen LogP contribution in [-0.2, 0) is 4.74 Å². The second-order valence-corrected chi connectivity index (χ2v) is 3.22. The first-order chi connectivity index (χ1) is 7.33. The largest absolute Gasteiger partial charge is 0.449 e. The summed E-state index contributed by atoms with van der Waals surface area (Å²) in [6, 6.07) is 7.46. The Morgan fingerprint density at radius 3 is 3.07 bits per heavy atom. The minimum atomic E-state index is -0.370. The maximum absolute atomic E-state index is 11.6. The van der Waals surface area contributed by atoms with E-state index in [0.717, 1.165) is 17.5 Å². The predicted molar refractivity (Wildman–Crippen MR) is 56.8 cm³/mol. The fraction of sp³-hybridized carbons (Fsp3) is 0.273. The number of benzene rings is 1. The van der Waals surface area contributed by atoms with E-state index in [9.17, 15) is 4.79 Å². The SMILES string of the molecule is CCCOC(=O)n1cnc2ccccc21. The Labute approximate surface area is 87.5 Å². The number of aromatic nitrogens is 2. The summed E-state index contributed by atoms with van der Waals surface area (Å²) in [5, 5.41) is 0. The van der Waals surface area contributed by atoms with Gasteiger partial charge < -0.3 is 4.74 Å². The Morgan fingerprint density at radius 1 is 1.47 bits per heavy atom. The van der Waals surface area contributed by atoms with Crippen LogP contribution in [0, 0.1) is 0 Å². The van der Waals surface area contributed by atoms with Crippen molar-refractivity contribution in [2.45, 2.75) is 13.3 Å². The standard InChI is InChI=1S/C11H12N2O2/c1-2-7-15-11(14)13-8-12-9-5-3-4-6-10(9)13/h3-6,8H,2,7H2,1H3. The number of para-hydroxylation sites is 2. The van der Waals surface area contributed by atoms with Crippen LogP contribution in [0.25, 0.3) is 11.0 Å². The van der Waals surface area contributed by atoms with E-state index in [1.807, 2.05) is 31.2 Å². The van der Waals surface area contributed by atoms with Gasteiger partial charge in [-0.2, -0.15) is 0 Å². The highest BCUT2D eigenvalue weighted by Gasteiger charge is 2.09. The summed E-state index contributed by atoms with van der Waals surface area (Å²) >= 11 is 0. The zero-order chi connectivity index (χ0) is 10.7. The summed E-state index contributed by atoms with van der Waals surface area (Å²) < 4.78 is 6.45. The second kappa shape index (κ2) is 4.13. The van der Waals surface area contributed by atoms with E-state index in [4.69, 9.17) is 4.74 Å². The lowest BCUT2D eigenvalue weighted by molar-refractivity contribution is 0.149. The lowest BCUT2D eigenvalue weighted by Crippen LogP contribution is -2.12. The van der Waals surface area contributed by atoms with Crippen molar-refractivity contribution in [3.63, 3.8) is 0 Å². The summed E-state index contributed by atoms with van der Waals surface area (Å²) in [7, 11) is 0. The Hall–Kier alpha value is -1.84. The molecule has 0 aliphatic heterocycles. The number of rotatable bonds is 2. The maximum Gasteiger partial charge on any atom is 0.419 e. The number of hydrogen-bond donors (Lipinski definition) is 0. The number of hydrogen-bond acceptors (Lipinski definition) is 3. The molecule has 0 N–H and O–H groups in total. The molecule has 0 radical (unpaired) electrons. The first kappa shape index (κ1) is 9.71. The van der Waals surface area contributed by atoms with Gasteiger partial charge in [0.25, 0.3) is 0 Å². The molecule has 0 saturated heterocycles. The zero-order valence-electron chi connectivity index (χ0n) is 8.51. The number of carbonyl (C=O) groups is 1. The highest BCUT2D eigenvalue weighted by atomic mass is 16.5. The number of carbonyl (C=O) groups excluding carboxylic acids is 1. The smallest absolute Gasteiger partial charge is 0.419 e. The summed E-state index contributed by atoms with van der Waals surface area (Å²) in [6.45, 7) is 2.39. The molecule has 4 heteroatoms. The quantitative estimate of drug-likeness (QED) is 0.754. The minimum Gasteiger partial charge on any atom is -0.449 e. The Bertz CT molecular complexity index is 476. The molecule has 0 aliphatic carbocycles. The van der Waals surface area contributed by atoms with Crippen LogP contribution in [0.4, 0.5) is 4.79 Å². The van der Waals surface area contributed by atoms with Crippen molar-refractivity contribution in [3.8, 4) is 0 Å². The fourth-order valence-electron chi connectivity index (χ4n) is 1.36. The van der Waals surface area contributed by atoms with Gasteiger partial charge in [-0.25, -0.2) is 14.3 Å². The van der Waals surface area contributed by atoms with Gasteiger partial charge in [0.1, 0.15) is 6.33 Å². The molecule has 15 heavy (non-hydrogen) atoms. The summed E-state index contributed by atoms with van der Waals surface area (Å²) in [6.07, 6.45) is 1.94. The third-order valence-electron chi connectivity index (χ3n) is 2.08. The van der Waals surface area contributed by atoms with E-state index in [1.165, 1.54) is 10.9 Å². The van der Waals surface area contributed by atoms with Crippen molar-refractivity contribution >= 4 is 17.1 Å². The average molecular weight is 204 g/mol. The minimum absolute atomic E-state index is 0.370. The Morgan fingerprint density at radius 2 is 2.27 bits per heavy atom. The molecular weight excluding hydrogens is 192 g/mol. The van der Waals surface area contributed by atoms with E-state index in [1.54, 1.807) is 0 Å². The predicted octanol–water partition coefficient (Wildman–Crippen LogP) is 2.43. The third-order valence-corrected chi connectivity index (χ3v) is 2.08. The van der Waals surface area contributed by atoms with Crippen molar-refractivity contribution < 1.29 is 9.53 Å². The molecule has 0 spiro atoms. The number of fused-ring (bicyclic) bond motifs is 1. The van der Waals surface area contributed by atoms with Crippen molar-refractivity contribution in [1.29, 1.82) is 0 Å². The van der Waals surface area contributed by atoms with Crippen molar-refractivity contribution in [3.05, 3.63) is 30.6 Å². The Balaban J connectivity index is 2.31. The van der Waals surface area contributed by atoms with Crippen LogP contribution in [0.1, 0.15) is 13.3 Å². The summed E-state index contributed by atoms with van der Waals surface area (Å²) in [5.74, 6) is 0. The number of imidazole rings is 1. The lowest BCUT2D eigenvalue weighted by Gasteiger charge is -2.03. The molecule has 0 bridgehead atoms. The van der Waals surface area contributed by atoms with Crippen LogP contribution < -0.4 is 0 Å². The van der Waals surface area contributed by atoms with Crippen LogP contribution in [0.5, 0.6) is 0 Å². The Kier molecular flexibility index (Phi) is 2.67. The van der Waals surface area contributed by atoms with E-state index < -0.39 is 0 Å². The van der Waals surface area contributed by atoms with Crippen molar-refractivity contribution in [1.82, 2.24) is 9.55 Å². The molecule has 2 rings (SSSR count). The van der Waals surface area contributed by atoms with E-state index in [2.05, 4.69) is 4.98 Å². The van der Waals surface area contributed by atoms with Gasteiger partial charge in [-0.1, -0.05) is 19.1 Å². The van der Waals surface area contributed by atoms with Crippen molar-refractivity contribution in [2.24, 2.45) is 0 Å². The molecule has 1 aromatic heterocycles. The average Bonchev–Trinajstić information content (AvgIpc) is 2.69. The number of ether oxygens (including phenoxy) is 1. The van der Waals surface area contributed by atoms with Crippen LogP contribution in [0.3, 0.4) is 0 Å². The zero-order valence-corrected chi connectivity index (χ0v) is 8.51. The summed E-state index contributed by atoms with van der Waals surface area (Å²) in [5.41, 5.74) is 1.57. The van der Waals surface area contributed by atoms with Crippen LogP contribution in [0.2, 0.25) is 0 Å². The third kappa shape index (κ3) is 1.83. The van der Waals surface area contributed by atoms with Gasteiger partial charge in [0.05, 0.1) is 17.6 Å². The molecule has 1 heterocycles. The number of nitrogens with zero attached hydrogens (tertiary/aromatic N) is 2. The van der Waals surface area contributed by atoms with Gasteiger partial charge in [0.15, 0.2) is 0 Å². The highest BCUT2D eigenvalue weighted by Crippen LogP contribution is 2.11. The molecule has 0 atom stereocenters. The molecule has 0 amide bonds. The van der Waals surface area contributed by atoms with Gasteiger partial charge in [-0.15, -0.1) is 0 Å². The molecule has 78 valence electrons. The second-order valence-electron chi connectivity index (χ2n) is 3.22. The van der Waals surface area contributed by atoms with Crippen LogP contribution >= 0.6 is 0 Å². The van der Waals surface area contributed by atoms with E-state index >= 15 is 0 Å². The molecule has 0 saturated carbocycles. The molecule has 4 nitrogen and oxygen atoms in total. The van der Waals surface area contributed by atoms with Gasteiger partial charge in [0, 0.05) is 0 Å². The topological polar surface area (TPSA) is 44.1 Å². The molecule has 0 unspecified atom stereocenters. The van der Waals surface area contributed by atoms with Gasteiger partial charge >= 0.3 is 6.09 Å². The van der Waals surface area contributed by atoms with Crippen LogP contribution in [-0.4, -0.2) is 22.3 Å². The molecule has 0 aliphatic rings. The van der Waals surface area contributed by atoms with E-state index in [-0.39, 0.29) is 6.09 Å². The monoisotopic (exact) mass is 204 g/mol. The maximum atomic E-state index is 11.6. The normalized spacial score (nSPS) is 10.5. The van der Waals surface area contributed by atoms with Crippen LogP contribution in [0.15, 0.2) is 30.6 Å². The summed E-state index contributed by atoms with van der Waals surface area (Å²) in [4.78, 5) is 15.7. The lowest BCUT2D eigenvalue weighted by atomic mass is 10.3. The first-order valence-electron chi connectivity index (χ1n) is 4.92. The van der Waals surface area contributed by atoms with Gasteiger partial charge in [-0.05, 0) is 18.6 Å².